The zero-order chi connectivity index (χ0) is 12.9. The fraction of sp³-hybridized carbons (Fsp3) is 0.700. The number of primary amides is 1. The van der Waals surface area contributed by atoms with Crippen molar-refractivity contribution in [2.75, 3.05) is 0 Å². The number of hydrogen-bond acceptors (Lipinski definition) is 4. The van der Waals surface area contributed by atoms with Gasteiger partial charge in [0.2, 0.25) is 0 Å². The number of ether oxygens (including phenoxy) is 1. The summed E-state index contributed by atoms with van der Waals surface area (Å²) >= 11 is 0. The minimum atomic E-state index is -0.998. The van der Waals surface area contributed by atoms with Crippen molar-refractivity contribution in [2.45, 2.75) is 33.8 Å². The van der Waals surface area contributed by atoms with Crippen LogP contribution in [0.3, 0.4) is 0 Å². The number of carbonyl (C=O) groups excluding carboxylic acids is 3. The van der Waals surface area contributed by atoms with Crippen molar-refractivity contribution in [3.8, 4) is 0 Å². The lowest BCUT2D eigenvalue weighted by Crippen LogP contribution is -2.46. The first kappa shape index (κ1) is 14.4. The number of rotatable bonds is 4. The molecule has 0 heterocycles. The van der Waals surface area contributed by atoms with Crippen LogP contribution in [0, 0.1) is 11.8 Å². The van der Waals surface area contributed by atoms with E-state index in [0.29, 0.717) is 0 Å². The maximum atomic E-state index is 11.5. The van der Waals surface area contributed by atoms with Gasteiger partial charge in [-0.2, -0.15) is 0 Å². The summed E-state index contributed by atoms with van der Waals surface area (Å²) in [4.78, 5) is 33.3. The summed E-state index contributed by atoms with van der Waals surface area (Å²) in [5.74, 6) is -1.75. The Kier molecular flexibility index (Phi) is 5.49. The van der Waals surface area contributed by atoms with Crippen LogP contribution in [0.15, 0.2) is 0 Å². The van der Waals surface area contributed by atoms with E-state index in [1.54, 1.807) is 27.7 Å². The van der Waals surface area contributed by atoms with Crippen LogP contribution in [0.5, 0.6) is 0 Å². The Balaban J connectivity index is 4.56. The summed E-state index contributed by atoms with van der Waals surface area (Å²) in [6.07, 6.45) is -0.998. The molecule has 0 aliphatic carbocycles. The molecule has 0 rings (SSSR count). The molecule has 0 fully saturated rings. The van der Waals surface area contributed by atoms with Crippen LogP contribution in [-0.4, -0.2) is 24.0 Å². The van der Waals surface area contributed by atoms with Crippen molar-refractivity contribution in [3.05, 3.63) is 0 Å². The average molecular weight is 230 g/mol. The van der Waals surface area contributed by atoms with Crippen molar-refractivity contribution in [1.29, 1.82) is 0 Å². The van der Waals surface area contributed by atoms with Crippen LogP contribution in [0.4, 0.5) is 4.79 Å². The number of nitrogens with one attached hydrogen (secondary N) is 1. The summed E-state index contributed by atoms with van der Waals surface area (Å²) in [7, 11) is 0. The quantitative estimate of drug-likeness (QED) is 0.683. The molecular weight excluding hydrogens is 212 g/mol. The first-order chi connectivity index (χ1) is 7.25. The number of nitrogens with two attached hydrogens (primary N) is 1. The van der Waals surface area contributed by atoms with Gasteiger partial charge >= 0.3 is 12.0 Å². The third-order valence-electron chi connectivity index (χ3n) is 1.82. The normalized spacial score (nSPS) is 12.4. The largest absolute Gasteiger partial charge is 0.452 e. The molecule has 0 aromatic heterocycles. The molecule has 0 spiro atoms. The van der Waals surface area contributed by atoms with Crippen LogP contribution in [0.2, 0.25) is 0 Å². The van der Waals surface area contributed by atoms with Gasteiger partial charge in [0.15, 0.2) is 6.10 Å². The van der Waals surface area contributed by atoms with Crippen molar-refractivity contribution in [1.82, 2.24) is 5.32 Å². The molecule has 0 saturated heterocycles. The van der Waals surface area contributed by atoms with Gasteiger partial charge in [0, 0.05) is 0 Å². The highest BCUT2D eigenvalue weighted by Crippen LogP contribution is 2.10. The van der Waals surface area contributed by atoms with Crippen molar-refractivity contribution in [2.24, 2.45) is 17.6 Å². The summed E-state index contributed by atoms with van der Waals surface area (Å²) in [5.41, 5.74) is 4.81. The van der Waals surface area contributed by atoms with E-state index in [9.17, 15) is 14.4 Å². The maximum Gasteiger partial charge on any atom is 0.318 e. The lowest BCUT2D eigenvalue weighted by Gasteiger charge is -2.20. The Morgan fingerprint density at radius 2 is 1.62 bits per heavy atom. The van der Waals surface area contributed by atoms with E-state index in [1.807, 2.05) is 5.32 Å². The molecule has 6 heteroatoms. The van der Waals surface area contributed by atoms with Gasteiger partial charge in [-0.25, -0.2) is 4.79 Å². The lowest BCUT2D eigenvalue weighted by atomic mass is 10.1. The Morgan fingerprint density at radius 1 is 1.12 bits per heavy atom. The first-order valence-corrected chi connectivity index (χ1v) is 5.06. The lowest BCUT2D eigenvalue weighted by molar-refractivity contribution is -0.161. The highest BCUT2D eigenvalue weighted by atomic mass is 16.5. The van der Waals surface area contributed by atoms with Gasteiger partial charge in [0.05, 0.1) is 5.92 Å². The molecule has 92 valence electrons. The Labute approximate surface area is 94.5 Å². The highest BCUT2D eigenvalue weighted by Gasteiger charge is 2.28. The molecule has 6 nitrogen and oxygen atoms in total. The molecule has 0 aliphatic rings. The second kappa shape index (κ2) is 6.09. The molecule has 0 aliphatic heterocycles. The van der Waals surface area contributed by atoms with Gasteiger partial charge in [0.25, 0.3) is 5.91 Å². The fourth-order valence-electron chi connectivity index (χ4n) is 0.946. The van der Waals surface area contributed by atoms with E-state index < -0.39 is 24.0 Å². The minimum absolute atomic E-state index is 0.234. The number of esters is 1. The second-order valence-corrected chi connectivity index (χ2v) is 4.11. The van der Waals surface area contributed by atoms with Gasteiger partial charge in [-0.05, 0) is 5.92 Å². The molecule has 3 N–H and O–H groups in total. The van der Waals surface area contributed by atoms with Gasteiger partial charge in [-0.3, -0.25) is 14.9 Å². The van der Waals surface area contributed by atoms with Crippen LogP contribution in [0.1, 0.15) is 27.7 Å². The standard InChI is InChI=1S/C10H18N2O4/c1-5(2)7(8(13)12-10(11)15)16-9(14)6(3)4/h5-7H,1-4H3,(H3,11,12,13,15)/t7-/m1/s1. The van der Waals surface area contributed by atoms with Crippen molar-refractivity contribution >= 4 is 17.9 Å². The van der Waals surface area contributed by atoms with Gasteiger partial charge in [-0.1, -0.05) is 27.7 Å². The highest BCUT2D eigenvalue weighted by molar-refractivity contribution is 5.96. The molecule has 0 unspecified atom stereocenters. The summed E-state index contributed by atoms with van der Waals surface area (Å²) in [5, 5.41) is 1.89. The van der Waals surface area contributed by atoms with E-state index in [0.717, 1.165) is 0 Å². The van der Waals surface area contributed by atoms with E-state index in [4.69, 9.17) is 10.5 Å². The zero-order valence-electron chi connectivity index (χ0n) is 9.94. The smallest absolute Gasteiger partial charge is 0.318 e. The summed E-state index contributed by atoms with van der Waals surface area (Å²) in [6, 6.07) is -0.962. The van der Waals surface area contributed by atoms with Crippen molar-refractivity contribution in [3.63, 3.8) is 0 Å². The van der Waals surface area contributed by atoms with Crippen LogP contribution >= 0.6 is 0 Å². The molecule has 1 atom stereocenters. The third kappa shape index (κ3) is 4.77. The molecule has 3 amide bonds. The molecule has 0 bridgehead atoms. The maximum absolute atomic E-state index is 11.5. The Morgan fingerprint density at radius 3 is 1.94 bits per heavy atom. The molecule has 0 radical (unpaired) electrons. The topological polar surface area (TPSA) is 98.5 Å². The van der Waals surface area contributed by atoms with E-state index in [-0.39, 0.29) is 11.8 Å². The van der Waals surface area contributed by atoms with Gasteiger partial charge in [-0.15, -0.1) is 0 Å². The van der Waals surface area contributed by atoms with Crippen LogP contribution < -0.4 is 11.1 Å². The van der Waals surface area contributed by atoms with Gasteiger partial charge < -0.3 is 10.5 Å². The van der Waals surface area contributed by atoms with E-state index >= 15 is 0 Å². The molecule has 16 heavy (non-hydrogen) atoms. The molecule has 0 aromatic rings. The predicted octanol–water partition coefficient (Wildman–Crippen LogP) is 0.405. The SMILES string of the molecule is CC(C)C(=O)O[C@@H](C(=O)NC(N)=O)C(C)C. The van der Waals surface area contributed by atoms with E-state index in [1.165, 1.54) is 0 Å². The zero-order valence-corrected chi connectivity index (χ0v) is 9.94. The Hall–Kier alpha value is -1.59. The monoisotopic (exact) mass is 230 g/mol. The predicted molar refractivity (Wildman–Crippen MR) is 57.3 cm³/mol. The number of carbonyl (C=O) groups is 3. The molecule has 0 saturated carbocycles. The fourth-order valence-corrected chi connectivity index (χ4v) is 0.946. The number of amides is 3. The van der Waals surface area contributed by atoms with E-state index in [2.05, 4.69) is 0 Å². The molecular formula is C10H18N2O4. The van der Waals surface area contributed by atoms with Crippen LogP contribution in [-0.2, 0) is 14.3 Å². The second-order valence-electron chi connectivity index (χ2n) is 4.11. The Bertz CT molecular complexity index is 287. The van der Waals surface area contributed by atoms with Crippen molar-refractivity contribution < 1.29 is 19.1 Å². The third-order valence-corrected chi connectivity index (χ3v) is 1.82. The first-order valence-electron chi connectivity index (χ1n) is 5.06. The van der Waals surface area contributed by atoms with Crippen LogP contribution in [0.25, 0.3) is 0 Å². The average Bonchev–Trinajstić information content (AvgIpc) is 2.11. The number of urea groups is 1. The minimum Gasteiger partial charge on any atom is -0.452 e. The molecule has 0 aromatic carbocycles. The number of imide groups is 1. The summed E-state index contributed by atoms with van der Waals surface area (Å²) in [6.45, 7) is 6.73. The number of hydrogen-bond donors (Lipinski definition) is 2. The van der Waals surface area contributed by atoms with Gasteiger partial charge in [0.1, 0.15) is 0 Å². The summed E-state index contributed by atoms with van der Waals surface area (Å²) < 4.78 is 4.98.